The van der Waals surface area contributed by atoms with Crippen LogP contribution in [-0.4, -0.2) is 29.9 Å². The fourth-order valence-electron chi connectivity index (χ4n) is 2.39. The summed E-state index contributed by atoms with van der Waals surface area (Å²) in [5.74, 6) is 0.0763. The van der Waals surface area contributed by atoms with Crippen molar-refractivity contribution in [3.63, 3.8) is 0 Å². The van der Waals surface area contributed by atoms with Gasteiger partial charge in [0.25, 0.3) is 0 Å². The molecule has 2 aromatic rings. The minimum atomic E-state index is -0.470. The summed E-state index contributed by atoms with van der Waals surface area (Å²) < 4.78 is 1.13. The monoisotopic (exact) mass is 333 g/mol. The maximum Gasteiger partial charge on any atom is 0.242 e. The highest BCUT2D eigenvalue weighted by molar-refractivity contribution is 7.18. The number of thiazole rings is 1. The van der Waals surface area contributed by atoms with Crippen LogP contribution in [0.2, 0.25) is 0 Å². The minimum absolute atomic E-state index is 0.112. The standard InChI is InChI=1S/C17H23N3O2S/c1-11(2)10-13(17(22)18-3)19-15(21)8-9-16-20-12-6-4-5-7-14(12)23-16/h4-7,11,13H,8-10H2,1-3H3,(H,18,22)(H,19,21). The Labute approximate surface area is 140 Å². The first kappa shape index (κ1) is 17.4. The summed E-state index contributed by atoms with van der Waals surface area (Å²) in [6.07, 6.45) is 1.56. The third-order valence-corrected chi connectivity index (χ3v) is 4.61. The van der Waals surface area contributed by atoms with Crippen molar-refractivity contribution >= 4 is 33.4 Å². The predicted octanol–water partition coefficient (Wildman–Crippen LogP) is 2.51. The molecule has 124 valence electrons. The average Bonchev–Trinajstić information content (AvgIpc) is 2.94. The van der Waals surface area contributed by atoms with Crippen LogP contribution < -0.4 is 10.6 Å². The van der Waals surface area contributed by atoms with Gasteiger partial charge in [0.05, 0.1) is 15.2 Å². The van der Waals surface area contributed by atoms with E-state index in [2.05, 4.69) is 15.6 Å². The van der Waals surface area contributed by atoms with E-state index in [9.17, 15) is 9.59 Å². The number of nitrogens with one attached hydrogen (secondary N) is 2. The van der Waals surface area contributed by atoms with Crippen LogP contribution in [0.25, 0.3) is 10.2 Å². The number of amides is 2. The number of likely N-dealkylation sites (N-methyl/N-ethyl adjacent to an activating group) is 1. The van der Waals surface area contributed by atoms with E-state index in [1.165, 1.54) is 0 Å². The first-order valence-electron chi connectivity index (χ1n) is 7.85. The number of nitrogens with zero attached hydrogens (tertiary/aromatic N) is 1. The normalized spacial score (nSPS) is 12.3. The zero-order valence-electron chi connectivity index (χ0n) is 13.8. The molecule has 1 aromatic heterocycles. The fraction of sp³-hybridized carbons (Fsp3) is 0.471. The Morgan fingerprint density at radius 2 is 2.00 bits per heavy atom. The SMILES string of the molecule is CNC(=O)C(CC(C)C)NC(=O)CCc1nc2ccccc2s1. The Morgan fingerprint density at radius 3 is 2.65 bits per heavy atom. The van der Waals surface area contributed by atoms with Crippen molar-refractivity contribution in [1.29, 1.82) is 0 Å². The van der Waals surface area contributed by atoms with Crippen LogP contribution >= 0.6 is 11.3 Å². The van der Waals surface area contributed by atoms with Crippen LogP contribution in [0.3, 0.4) is 0 Å². The van der Waals surface area contributed by atoms with Gasteiger partial charge in [-0.3, -0.25) is 9.59 Å². The highest BCUT2D eigenvalue weighted by Crippen LogP contribution is 2.22. The molecule has 2 N–H and O–H groups in total. The number of carbonyl (C=O) groups excluding carboxylic acids is 2. The van der Waals surface area contributed by atoms with E-state index in [4.69, 9.17) is 0 Å². The number of carbonyl (C=O) groups is 2. The molecule has 0 aliphatic carbocycles. The first-order chi connectivity index (χ1) is 11.0. The summed E-state index contributed by atoms with van der Waals surface area (Å²) in [5, 5.41) is 6.38. The summed E-state index contributed by atoms with van der Waals surface area (Å²) >= 11 is 1.61. The van der Waals surface area contributed by atoms with E-state index in [0.29, 0.717) is 25.2 Å². The molecule has 23 heavy (non-hydrogen) atoms. The van der Waals surface area contributed by atoms with Crippen LogP contribution in [0, 0.1) is 5.92 Å². The van der Waals surface area contributed by atoms with Gasteiger partial charge < -0.3 is 10.6 Å². The van der Waals surface area contributed by atoms with Gasteiger partial charge in [-0.05, 0) is 24.5 Å². The zero-order chi connectivity index (χ0) is 16.8. The van der Waals surface area contributed by atoms with E-state index in [1.807, 2.05) is 38.1 Å². The van der Waals surface area contributed by atoms with E-state index in [1.54, 1.807) is 18.4 Å². The highest BCUT2D eigenvalue weighted by Gasteiger charge is 2.20. The van der Waals surface area contributed by atoms with Gasteiger partial charge in [-0.25, -0.2) is 4.98 Å². The summed E-state index contributed by atoms with van der Waals surface area (Å²) in [7, 11) is 1.59. The van der Waals surface area contributed by atoms with Gasteiger partial charge in [-0.15, -0.1) is 11.3 Å². The quantitative estimate of drug-likeness (QED) is 0.818. The maximum atomic E-state index is 12.1. The van der Waals surface area contributed by atoms with Crippen LogP contribution in [0.5, 0.6) is 0 Å². The number of hydrogen-bond acceptors (Lipinski definition) is 4. The van der Waals surface area contributed by atoms with Crippen LogP contribution in [0.4, 0.5) is 0 Å². The second-order valence-corrected chi connectivity index (χ2v) is 7.05. The molecule has 0 bridgehead atoms. The van der Waals surface area contributed by atoms with Gasteiger partial charge in [-0.2, -0.15) is 0 Å². The molecule has 2 amide bonds. The van der Waals surface area contributed by atoms with Gasteiger partial charge >= 0.3 is 0 Å². The van der Waals surface area contributed by atoms with Crippen molar-refractivity contribution in [2.24, 2.45) is 5.92 Å². The van der Waals surface area contributed by atoms with Crippen LogP contribution in [0.15, 0.2) is 24.3 Å². The zero-order valence-corrected chi connectivity index (χ0v) is 14.6. The highest BCUT2D eigenvalue weighted by atomic mass is 32.1. The number of fused-ring (bicyclic) bond motifs is 1. The molecular formula is C17H23N3O2S. The topological polar surface area (TPSA) is 71.1 Å². The first-order valence-corrected chi connectivity index (χ1v) is 8.66. The third-order valence-electron chi connectivity index (χ3n) is 3.51. The van der Waals surface area contributed by atoms with Crippen molar-refractivity contribution in [3.05, 3.63) is 29.3 Å². The smallest absolute Gasteiger partial charge is 0.242 e. The molecule has 2 rings (SSSR count). The van der Waals surface area contributed by atoms with Gasteiger partial charge in [-0.1, -0.05) is 26.0 Å². The molecule has 1 heterocycles. The van der Waals surface area contributed by atoms with Crippen molar-refractivity contribution in [3.8, 4) is 0 Å². The lowest BCUT2D eigenvalue weighted by molar-refractivity contribution is -0.129. The summed E-state index contributed by atoms with van der Waals surface area (Å²) in [6, 6.07) is 7.47. The molecule has 1 atom stereocenters. The van der Waals surface area contributed by atoms with Gasteiger partial charge in [0.2, 0.25) is 11.8 Å². The summed E-state index contributed by atoms with van der Waals surface area (Å²) in [6.45, 7) is 4.06. The molecule has 0 saturated carbocycles. The molecular weight excluding hydrogens is 310 g/mol. The number of hydrogen-bond donors (Lipinski definition) is 2. The molecule has 1 unspecified atom stereocenters. The molecule has 0 fully saturated rings. The maximum absolute atomic E-state index is 12.1. The van der Waals surface area contributed by atoms with E-state index in [-0.39, 0.29) is 11.8 Å². The molecule has 0 aliphatic heterocycles. The van der Waals surface area contributed by atoms with Crippen molar-refractivity contribution in [2.45, 2.75) is 39.2 Å². The van der Waals surface area contributed by atoms with Crippen molar-refractivity contribution in [2.75, 3.05) is 7.05 Å². The van der Waals surface area contributed by atoms with E-state index >= 15 is 0 Å². The number of rotatable bonds is 7. The Bertz CT molecular complexity index is 648. The number of aryl methyl sites for hydroxylation is 1. The van der Waals surface area contributed by atoms with Crippen LogP contribution in [0.1, 0.15) is 31.7 Å². The average molecular weight is 333 g/mol. The Morgan fingerprint density at radius 1 is 1.26 bits per heavy atom. The number of para-hydroxylation sites is 1. The second kappa shape index (κ2) is 8.06. The summed E-state index contributed by atoms with van der Waals surface area (Å²) in [5.41, 5.74) is 0.968. The van der Waals surface area contributed by atoms with Crippen molar-refractivity contribution in [1.82, 2.24) is 15.6 Å². The van der Waals surface area contributed by atoms with Crippen LogP contribution in [-0.2, 0) is 16.0 Å². The number of benzene rings is 1. The van der Waals surface area contributed by atoms with E-state index < -0.39 is 6.04 Å². The van der Waals surface area contributed by atoms with Gasteiger partial charge in [0.1, 0.15) is 6.04 Å². The Hall–Kier alpha value is -1.95. The minimum Gasteiger partial charge on any atom is -0.357 e. The molecule has 6 heteroatoms. The van der Waals surface area contributed by atoms with Gasteiger partial charge in [0.15, 0.2) is 0 Å². The molecule has 5 nitrogen and oxygen atoms in total. The fourth-order valence-corrected chi connectivity index (χ4v) is 3.36. The predicted molar refractivity (Wildman–Crippen MR) is 93.4 cm³/mol. The summed E-state index contributed by atoms with van der Waals surface area (Å²) in [4.78, 5) is 28.5. The third kappa shape index (κ3) is 5.03. The lowest BCUT2D eigenvalue weighted by Crippen LogP contribution is -2.46. The van der Waals surface area contributed by atoms with Gasteiger partial charge in [0, 0.05) is 19.9 Å². The molecule has 0 aliphatic rings. The lowest BCUT2D eigenvalue weighted by Gasteiger charge is -2.19. The molecule has 0 saturated heterocycles. The Balaban J connectivity index is 1.91. The number of aromatic nitrogens is 1. The lowest BCUT2D eigenvalue weighted by atomic mass is 10.0. The Kier molecular flexibility index (Phi) is 6.10. The van der Waals surface area contributed by atoms with E-state index in [0.717, 1.165) is 15.2 Å². The molecule has 0 radical (unpaired) electrons. The second-order valence-electron chi connectivity index (χ2n) is 5.94. The molecule has 1 aromatic carbocycles. The molecule has 0 spiro atoms. The largest absolute Gasteiger partial charge is 0.357 e. The van der Waals surface area contributed by atoms with Crippen molar-refractivity contribution < 1.29 is 9.59 Å².